The third-order valence-electron chi connectivity index (χ3n) is 7.01. The highest BCUT2D eigenvalue weighted by Crippen LogP contribution is 2.29. The van der Waals surface area contributed by atoms with Gasteiger partial charge in [0.15, 0.2) is 11.6 Å². The van der Waals surface area contributed by atoms with E-state index in [1.54, 1.807) is 12.4 Å². The summed E-state index contributed by atoms with van der Waals surface area (Å²) in [5.41, 5.74) is 4.26. The van der Waals surface area contributed by atoms with E-state index in [0.717, 1.165) is 60.1 Å². The van der Waals surface area contributed by atoms with Crippen LogP contribution in [-0.2, 0) is 19.4 Å². The van der Waals surface area contributed by atoms with Crippen LogP contribution >= 0.6 is 0 Å². The Balaban J connectivity index is 1.34. The zero-order valence-corrected chi connectivity index (χ0v) is 20.5. The van der Waals surface area contributed by atoms with Gasteiger partial charge in [0.25, 0.3) is 0 Å². The standard InChI is InChI=1S/C27H34N8/c1-2-3-7-16-35-26(29-25(32-35)17-20-8-5-4-6-9-20)18-21-10-12-22(13-11-21)23-14-15-28-19-24(23)27-30-33-34-31-27/h10-15,19-20H,2-9,16-18H2,1H3,(H,30,31,33,34). The maximum Gasteiger partial charge on any atom is 0.181 e. The molecule has 8 nitrogen and oxygen atoms in total. The first-order valence-corrected chi connectivity index (χ1v) is 13.0. The number of aromatic amines is 1. The number of hydrogen-bond donors (Lipinski definition) is 1. The van der Waals surface area contributed by atoms with E-state index in [1.807, 2.05) is 6.07 Å². The summed E-state index contributed by atoms with van der Waals surface area (Å²) in [5.74, 6) is 3.47. The second-order valence-electron chi connectivity index (χ2n) is 9.63. The predicted octanol–water partition coefficient (Wildman–Crippen LogP) is 5.42. The minimum Gasteiger partial charge on any atom is -0.264 e. The zero-order chi connectivity index (χ0) is 23.9. The van der Waals surface area contributed by atoms with Crippen molar-refractivity contribution < 1.29 is 0 Å². The van der Waals surface area contributed by atoms with Crippen molar-refractivity contribution in [3.63, 3.8) is 0 Å². The van der Waals surface area contributed by atoms with Crippen LogP contribution in [0.1, 0.15) is 75.5 Å². The summed E-state index contributed by atoms with van der Waals surface area (Å²) >= 11 is 0. The third kappa shape index (κ3) is 5.81. The molecule has 3 aromatic heterocycles. The SMILES string of the molecule is CCCCCn1nc(CC2CCCCC2)nc1Cc1ccc(-c2ccncc2-c2nnn[nH]2)cc1. The lowest BCUT2D eigenvalue weighted by Crippen LogP contribution is -2.10. The molecule has 4 aromatic rings. The molecule has 1 saturated carbocycles. The average molecular weight is 471 g/mol. The van der Waals surface area contributed by atoms with Gasteiger partial charge in [0.2, 0.25) is 0 Å². The average Bonchev–Trinajstić information content (AvgIpc) is 3.56. The van der Waals surface area contributed by atoms with Gasteiger partial charge in [-0.1, -0.05) is 76.1 Å². The maximum atomic E-state index is 5.02. The van der Waals surface area contributed by atoms with Gasteiger partial charge in [-0.2, -0.15) is 5.10 Å². The van der Waals surface area contributed by atoms with Crippen molar-refractivity contribution in [2.24, 2.45) is 5.92 Å². The van der Waals surface area contributed by atoms with Crippen LogP contribution in [0.4, 0.5) is 0 Å². The number of aryl methyl sites for hydroxylation is 1. The van der Waals surface area contributed by atoms with Crippen LogP contribution < -0.4 is 0 Å². The molecule has 1 aromatic carbocycles. The number of rotatable bonds is 10. The zero-order valence-electron chi connectivity index (χ0n) is 20.5. The van der Waals surface area contributed by atoms with Crippen molar-refractivity contribution in [3.05, 3.63) is 59.9 Å². The lowest BCUT2D eigenvalue weighted by Gasteiger charge is -2.19. The molecule has 1 aliphatic carbocycles. The smallest absolute Gasteiger partial charge is 0.181 e. The summed E-state index contributed by atoms with van der Waals surface area (Å²) in [6.07, 6.45) is 15.7. The largest absolute Gasteiger partial charge is 0.264 e. The molecule has 182 valence electrons. The lowest BCUT2D eigenvalue weighted by atomic mass is 9.87. The van der Waals surface area contributed by atoms with Crippen molar-refractivity contribution in [1.82, 2.24) is 40.4 Å². The van der Waals surface area contributed by atoms with Gasteiger partial charge in [0.1, 0.15) is 5.82 Å². The highest BCUT2D eigenvalue weighted by molar-refractivity contribution is 5.79. The van der Waals surface area contributed by atoms with Gasteiger partial charge < -0.3 is 0 Å². The van der Waals surface area contributed by atoms with Crippen LogP contribution in [0.3, 0.4) is 0 Å². The summed E-state index contributed by atoms with van der Waals surface area (Å²) in [6, 6.07) is 10.7. The predicted molar refractivity (Wildman–Crippen MR) is 135 cm³/mol. The molecule has 0 spiro atoms. The number of nitrogens with one attached hydrogen (secondary N) is 1. The van der Waals surface area contributed by atoms with Gasteiger partial charge in [0, 0.05) is 37.3 Å². The van der Waals surface area contributed by atoms with E-state index in [0.29, 0.717) is 5.82 Å². The van der Waals surface area contributed by atoms with Crippen LogP contribution in [-0.4, -0.2) is 40.4 Å². The first kappa shape index (κ1) is 23.3. The fourth-order valence-electron chi connectivity index (χ4n) is 5.08. The summed E-state index contributed by atoms with van der Waals surface area (Å²) in [4.78, 5) is 9.28. The van der Waals surface area contributed by atoms with E-state index in [-0.39, 0.29) is 0 Å². The summed E-state index contributed by atoms with van der Waals surface area (Å²) in [7, 11) is 0. The molecule has 3 heterocycles. The molecule has 0 radical (unpaired) electrons. The van der Waals surface area contributed by atoms with E-state index in [2.05, 4.69) is 61.5 Å². The molecule has 8 heteroatoms. The highest BCUT2D eigenvalue weighted by Gasteiger charge is 2.18. The van der Waals surface area contributed by atoms with E-state index in [4.69, 9.17) is 10.1 Å². The number of nitrogens with zero attached hydrogens (tertiary/aromatic N) is 7. The van der Waals surface area contributed by atoms with E-state index < -0.39 is 0 Å². The molecule has 0 atom stereocenters. The molecule has 0 amide bonds. The highest BCUT2D eigenvalue weighted by atomic mass is 15.5. The molecular weight excluding hydrogens is 436 g/mol. The minimum atomic E-state index is 0.614. The van der Waals surface area contributed by atoms with Crippen molar-refractivity contribution in [1.29, 1.82) is 0 Å². The minimum absolute atomic E-state index is 0.614. The van der Waals surface area contributed by atoms with E-state index >= 15 is 0 Å². The number of pyridine rings is 1. The number of tetrazole rings is 1. The van der Waals surface area contributed by atoms with Gasteiger partial charge in [-0.05, 0) is 45.5 Å². The van der Waals surface area contributed by atoms with Gasteiger partial charge in [0.05, 0.1) is 0 Å². The molecule has 0 bridgehead atoms. The first-order chi connectivity index (χ1) is 17.3. The second-order valence-corrected chi connectivity index (χ2v) is 9.63. The Labute approximate surface area is 206 Å². The normalized spacial score (nSPS) is 14.4. The second kappa shape index (κ2) is 11.3. The Bertz CT molecular complexity index is 1190. The molecule has 1 N–H and O–H groups in total. The number of benzene rings is 1. The summed E-state index contributed by atoms with van der Waals surface area (Å²) < 4.78 is 2.17. The van der Waals surface area contributed by atoms with Crippen LogP contribution in [0.5, 0.6) is 0 Å². The number of aromatic nitrogens is 8. The fourth-order valence-corrected chi connectivity index (χ4v) is 5.08. The molecule has 5 rings (SSSR count). The van der Waals surface area contributed by atoms with Gasteiger partial charge in [-0.3, -0.25) is 4.98 Å². The van der Waals surface area contributed by atoms with Gasteiger partial charge >= 0.3 is 0 Å². The molecule has 35 heavy (non-hydrogen) atoms. The molecular formula is C27H34N8. The van der Waals surface area contributed by atoms with E-state index in [1.165, 1.54) is 50.5 Å². The fraction of sp³-hybridized carbons (Fsp3) is 0.481. The molecule has 1 aliphatic rings. The quantitative estimate of drug-likeness (QED) is 0.311. The number of unbranched alkanes of at least 4 members (excludes halogenated alkanes) is 2. The van der Waals surface area contributed by atoms with Crippen molar-refractivity contribution in [2.75, 3.05) is 0 Å². The summed E-state index contributed by atoms with van der Waals surface area (Å²) in [6.45, 7) is 3.19. The Hall–Kier alpha value is -3.42. The van der Waals surface area contributed by atoms with Gasteiger partial charge in [-0.25, -0.2) is 14.8 Å². The Kier molecular flexibility index (Phi) is 7.56. The topological polar surface area (TPSA) is 98.1 Å². The van der Waals surface area contributed by atoms with Crippen LogP contribution in [0.2, 0.25) is 0 Å². The number of H-pyrrole nitrogens is 1. The molecule has 0 unspecified atom stereocenters. The maximum absolute atomic E-state index is 5.02. The van der Waals surface area contributed by atoms with Crippen LogP contribution in [0.25, 0.3) is 22.5 Å². The number of hydrogen-bond acceptors (Lipinski definition) is 6. The van der Waals surface area contributed by atoms with Crippen molar-refractivity contribution >= 4 is 0 Å². The first-order valence-electron chi connectivity index (χ1n) is 13.0. The third-order valence-corrected chi connectivity index (χ3v) is 7.01. The van der Waals surface area contributed by atoms with Gasteiger partial charge in [-0.15, -0.1) is 5.10 Å². The molecule has 0 aliphatic heterocycles. The van der Waals surface area contributed by atoms with Crippen LogP contribution in [0, 0.1) is 5.92 Å². The monoisotopic (exact) mass is 470 g/mol. The Morgan fingerprint density at radius 2 is 1.86 bits per heavy atom. The summed E-state index contributed by atoms with van der Waals surface area (Å²) in [5, 5.41) is 19.3. The van der Waals surface area contributed by atoms with Crippen molar-refractivity contribution in [2.45, 2.75) is 77.7 Å². The molecule has 1 fully saturated rings. The molecule has 0 saturated heterocycles. The van der Waals surface area contributed by atoms with Crippen molar-refractivity contribution in [3.8, 4) is 22.5 Å². The Morgan fingerprint density at radius 3 is 2.63 bits per heavy atom. The Morgan fingerprint density at radius 1 is 1.00 bits per heavy atom. The van der Waals surface area contributed by atoms with E-state index in [9.17, 15) is 0 Å². The van der Waals surface area contributed by atoms with Crippen LogP contribution in [0.15, 0.2) is 42.7 Å². The lowest BCUT2D eigenvalue weighted by molar-refractivity contribution is 0.351.